The Hall–Kier alpha value is -3.46. The third kappa shape index (κ3) is 4.09. The minimum absolute atomic E-state index is 0.0851. The van der Waals surface area contributed by atoms with Crippen LogP contribution in [0.4, 0.5) is 5.69 Å². The van der Waals surface area contributed by atoms with Crippen molar-refractivity contribution in [2.24, 2.45) is 0 Å². The number of phenolic OH excluding ortho intramolecular Hbond substituents is 1. The van der Waals surface area contributed by atoms with Crippen LogP contribution in [0.3, 0.4) is 0 Å². The molecule has 2 aromatic rings. The number of aromatic hydroxyl groups is 1. The van der Waals surface area contributed by atoms with Crippen molar-refractivity contribution >= 4 is 17.7 Å². The van der Waals surface area contributed by atoms with E-state index in [9.17, 15) is 15.2 Å². The number of amides is 1. The van der Waals surface area contributed by atoms with Gasteiger partial charge >= 0.3 is 0 Å². The number of hydrogen-bond donors (Lipinski definition) is 2. The van der Waals surface area contributed by atoms with Gasteiger partial charge in [-0.1, -0.05) is 18.2 Å². The monoisotopic (exact) mass is 338 g/mol. The number of methoxy groups -OCH3 is 2. The van der Waals surface area contributed by atoms with Crippen LogP contribution in [0.15, 0.2) is 42.0 Å². The lowest BCUT2D eigenvalue weighted by molar-refractivity contribution is -0.112. The highest BCUT2D eigenvalue weighted by Gasteiger charge is 2.14. The van der Waals surface area contributed by atoms with Crippen LogP contribution in [0.25, 0.3) is 6.08 Å². The van der Waals surface area contributed by atoms with Gasteiger partial charge in [-0.2, -0.15) is 5.26 Å². The predicted molar refractivity (Wildman–Crippen MR) is 94.6 cm³/mol. The highest BCUT2D eigenvalue weighted by Crippen LogP contribution is 2.37. The second-order valence-electron chi connectivity index (χ2n) is 5.21. The first-order chi connectivity index (χ1) is 12.0. The lowest BCUT2D eigenvalue weighted by atomic mass is 10.1. The summed E-state index contributed by atoms with van der Waals surface area (Å²) in [6, 6.07) is 12.2. The van der Waals surface area contributed by atoms with Crippen molar-refractivity contribution in [1.82, 2.24) is 0 Å². The Morgan fingerprint density at radius 2 is 1.80 bits per heavy atom. The average Bonchev–Trinajstić information content (AvgIpc) is 2.62. The number of anilines is 1. The van der Waals surface area contributed by atoms with E-state index in [1.807, 2.05) is 25.1 Å². The molecule has 0 fully saturated rings. The first-order valence-corrected chi connectivity index (χ1v) is 7.44. The molecule has 128 valence electrons. The Labute approximate surface area is 145 Å². The Kier molecular flexibility index (Phi) is 5.64. The predicted octanol–water partition coefficient (Wildman–Crippen LogP) is 3.26. The molecule has 6 nitrogen and oxygen atoms in total. The Morgan fingerprint density at radius 3 is 2.32 bits per heavy atom. The molecule has 0 saturated heterocycles. The molecule has 0 aliphatic rings. The molecule has 0 spiro atoms. The number of carbonyl (C=O) groups is 1. The van der Waals surface area contributed by atoms with Gasteiger partial charge in [-0.15, -0.1) is 0 Å². The van der Waals surface area contributed by atoms with Crippen LogP contribution in [-0.2, 0) is 4.79 Å². The maximum absolute atomic E-state index is 12.4. The largest absolute Gasteiger partial charge is 0.502 e. The second-order valence-corrected chi connectivity index (χ2v) is 5.21. The van der Waals surface area contributed by atoms with E-state index in [1.54, 1.807) is 12.1 Å². The standard InChI is InChI=1S/C19H18N2O4/c1-12-6-4-5-7-15(12)21-19(23)14(11-20)8-13-9-16(24-2)18(22)17(10-13)25-3/h4-10,22H,1-3H3,(H,21,23)/b14-8+. The topological polar surface area (TPSA) is 91.6 Å². The van der Waals surface area contributed by atoms with Gasteiger partial charge in [-0.3, -0.25) is 4.79 Å². The summed E-state index contributed by atoms with van der Waals surface area (Å²) in [7, 11) is 2.80. The third-order valence-electron chi connectivity index (χ3n) is 3.57. The molecule has 25 heavy (non-hydrogen) atoms. The maximum atomic E-state index is 12.4. The number of carbonyl (C=O) groups excluding carboxylic acids is 1. The van der Waals surface area contributed by atoms with Gasteiger partial charge in [0.15, 0.2) is 11.5 Å². The molecule has 0 radical (unpaired) electrons. The number of phenols is 1. The zero-order chi connectivity index (χ0) is 18.4. The zero-order valence-corrected chi connectivity index (χ0v) is 14.2. The number of nitrogens with zero attached hydrogens (tertiary/aromatic N) is 1. The summed E-state index contributed by atoms with van der Waals surface area (Å²) in [5.41, 5.74) is 1.93. The van der Waals surface area contributed by atoms with Crippen molar-refractivity contribution in [3.8, 4) is 23.3 Å². The van der Waals surface area contributed by atoms with E-state index in [0.717, 1.165) is 5.56 Å². The van der Waals surface area contributed by atoms with Gasteiger partial charge in [0, 0.05) is 5.69 Å². The van der Waals surface area contributed by atoms with Crippen LogP contribution in [0, 0.1) is 18.3 Å². The molecule has 0 heterocycles. The van der Waals surface area contributed by atoms with Gasteiger partial charge in [0.25, 0.3) is 5.91 Å². The van der Waals surface area contributed by atoms with Crippen LogP contribution in [-0.4, -0.2) is 25.2 Å². The quantitative estimate of drug-likeness (QED) is 0.645. The van der Waals surface area contributed by atoms with E-state index in [-0.39, 0.29) is 22.8 Å². The van der Waals surface area contributed by atoms with Crippen LogP contribution < -0.4 is 14.8 Å². The number of ether oxygens (including phenoxy) is 2. The van der Waals surface area contributed by atoms with Crippen molar-refractivity contribution in [2.45, 2.75) is 6.92 Å². The maximum Gasteiger partial charge on any atom is 0.266 e. The Morgan fingerprint density at radius 1 is 1.20 bits per heavy atom. The lowest BCUT2D eigenvalue weighted by Crippen LogP contribution is -2.14. The zero-order valence-electron chi connectivity index (χ0n) is 14.2. The number of para-hydroxylation sites is 1. The van der Waals surface area contributed by atoms with Crippen LogP contribution >= 0.6 is 0 Å². The highest BCUT2D eigenvalue weighted by atomic mass is 16.5. The number of rotatable bonds is 5. The van der Waals surface area contributed by atoms with Crippen LogP contribution in [0.2, 0.25) is 0 Å². The van der Waals surface area contributed by atoms with E-state index in [0.29, 0.717) is 11.3 Å². The fraction of sp³-hybridized carbons (Fsp3) is 0.158. The summed E-state index contributed by atoms with van der Waals surface area (Å²) in [5.74, 6) is -0.308. The van der Waals surface area contributed by atoms with E-state index in [2.05, 4.69) is 5.32 Å². The van der Waals surface area contributed by atoms with Gasteiger partial charge in [0.05, 0.1) is 14.2 Å². The van der Waals surface area contributed by atoms with E-state index in [1.165, 1.54) is 32.4 Å². The normalized spacial score (nSPS) is 10.7. The summed E-state index contributed by atoms with van der Waals surface area (Å²) in [6.45, 7) is 1.86. The smallest absolute Gasteiger partial charge is 0.266 e. The van der Waals surface area contributed by atoms with Gasteiger partial charge in [0.1, 0.15) is 11.6 Å². The molecule has 2 N–H and O–H groups in total. The van der Waals surface area contributed by atoms with Crippen molar-refractivity contribution in [3.63, 3.8) is 0 Å². The van der Waals surface area contributed by atoms with Crippen molar-refractivity contribution in [2.75, 3.05) is 19.5 Å². The summed E-state index contributed by atoms with van der Waals surface area (Å²) in [6.07, 6.45) is 1.40. The van der Waals surface area contributed by atoms with Crippen LogP contribution in [0.5, 0.6) is 17.2 Å². The van der Waals surface area contributed by atoms with E-state index < -0.39 is 5.91 Å². The molecule has 2 aromatic carbocycles. The first-order valence-electron chi connectivity index (χ1n) is 7.44. The first kappa shape index (κ1) is 17.9. The van der Waals surface area contributed by atoms with E-state index in [4.69, 9.17) is 9.47 Å². The SMILES string of the molecule is COc1cc(/C=C(\C#N)C(=O)Nc2ccccc2C)cc(OC)c1O. The second kappa shape index (κ2) is 7.88. The van der Waals surface area contributed by atoms with Gasteiger partial charge in [-0.25, -0.2) is 0 Å². The third-order valence-corrected chi connectivity index (χ3v) is 3.57. The number of hydrogen-bond acceptors (Lipinski definition) is 5. The molecule has 2 rings (SSSR count). The summed E-state index contributed by atoms with van der Waals surface area (Å²) < 4.78 is 10.1. The molecule has 0 atom stereocenters. The van der Waals surface area contributed by atoms with Gasteiger partial charge in [-0.05, 0) is 42.3 Å². The fourth-order valence-electron chi connectivity index (χ4n) is 2.22. The number of aryl methyl sites for hydroxylation is 1. The lowest BCUT2D eigenvalue weighted by Gasteiger charge is -2.10. The molecule has 1 amide bonds. The minimum atomic E-state index is -0.525. The number of nitriles is 1. The Bertz CT molecular complexity index is 841. The molecule has 0 aliphatic heterocycles. The molecular formula is C19H18N2O4. The minimum Gasteiger partial charge on any atom is -0.502 e. The molecule has 0 saturated carbocycles. The number of nitrogens with one attached hydrogen (secondary N) is 1. The Balaban J connectivity index is 2.36. The fourth-order valence-corrected chi connectivity index (χ4v) is 2.22. The number of benzene rings is 2. The highest BCUT2D eigenvalue weighted by molar-refractivity contribution is 6.10. The molecule has 6 heteroatoms. The van der Waals surface area contributed by atoms with Crippen molar-refractivity contribution in [3.05, 3.63) is 53.1 Å². The molecular weight excluding hydrogens is 320 g/mol. The molecule has 0 aliphatic carbocycles. The summed E-state index contributed by atoms with van der Waals surface area (Å²) >= 11 is 0. The molecule has 0 bridgehead atoms. The van der Waals surface area contributed by atoms with Crippen molar-refractivity contribution < 1.29 is 19.4 Å². The van der Waals surface area contributed by atoms with Crippen molar-refractivity contribution in [1.29, 1.82) is 5.26 Å². The summed E-state index contributed by atoms with van der Waals surface area (Å²) in [5, 5.41) is 22.0. The summed E-state index contributed by atoms with van der Waals surface area (Å²) in [4.78, 5) is 12.4. The van der Waals surface area contributed by atoms with Gasteiger partial charge < -0.3 is 19.9 Å². The average molecular weight is 338 g/mol. The molecule has 0 aromatic heterocycles. The van der Waals surface area contributed by atoms with E-state index >= 15 is 0 Å². The van der Waals surface area contributed by atoms with Gasteiger partial charge in [0.2, 0.25) is 5.75 Å². The molecule has 0 unspecified atom stereocenters. The van der Waals surface area contributed by atoms with Crippen LogP contribution in [0.1, 0.15) is 11.1 Å².